The minimum absolute atomic E-state index is 0.0870. The van der Waals surface area contributed by atoms with Crippen LogP contribution in [0.4, 0.5) is 0 Å². The molecule has 0 saturated carbocycles. The average molecular weight is 605 g/mol. The van der Waals surface area contributed by atoms with Gasteiger partial charge in [0.15, 0.2) is 0 Å². The van der Waals surface area contributed by atoms with Crippen LogP contribution in [0.5, 0.6) is 0 Å². The summed E-state index contributed by atoms with van der Waals surface area (Å²) >= 11 is 24.7. The minimum Gasteiger partial charge on any atom is -0.361 e. The topological polar surface area (TPSA) is 56.4 Å². The highest BCUT2D eigenvalue weighted by Crippen LogP contribution is 2.25. The van der Waals surface area contributed by atoms with Gasteiger partial charge in [-0.3, -0.25) is 9.59 Å². The van der Waals surface area contributed by atoms with Crippen LogP contribution in [0.25, 0.3) is 10.9 Å². The van der Waals surface area contributed by atoms with E-state index in [4.69, 9.17) is 46.4 Å². The van der Waals surface area contributed by atoms with E-state index in [1.165, 1.54) is 0 Å². The quantitative estimate of drug-likeness (QED) is 0.198. The highest BCUT2D eigenvalue weighted by Gasteiger charge is 2.24. The van der Waals surface area contributed by atoms with Gasteiger partial charge in [-0.25, -0.2) is 0 Å². The maximum Gasteiger partial charge on any atom is 0.254 e. The molecule has 0 aliphatic carbocycles. The first-order valence-electron chi connectivity index (χ1n) is 12.6. The van der Waals surface area contributed by atoms with E-state index in [2.05, 4.69) is 11.1 Å². The van der Waals surface area contributed by atoms with Gasteiger partial charge in [0.2, 0.25) is 5.91 Å². The maximum atomic E-state index is 13.8. The number of nitrogens with one attached hydrogen (secondary N) is 1. The van der Waals surface area contributed by atoms with Gasteiger partial charge in [0.25, 0.3) is 5.91 Å². The zero-order valence-electron chi connectivity index (χ0n) is 21.7. The molecular formula is C30H29Cl4N3O2. The van der Waals surface area contributed by atoms with E-state index in [-0.39, 0.29) is 24.3 Å². The third-order valence-corrected chi connectivity index (χ3v) is 7.52. The number of benzene rings is 3. The van der Waals surface area contributed by atoms with E-state index in [0.717, 1.165) is 22.0 Å². The van der Waals surface area contributed by atoms with Gasteiger partial charge in [-0.2, -0.15) is 0 Å². The number of aromatic nitrogens is 1. The van der Waals surface area contributed by atoms with Crippen LogP contribution in [-0.2, 0) is 17.8 Å². The molecule has 0 spiro atoms. The summed E-state index contributed by atoms with van der Waals surface area (Å²) in [5.74, 6) is -0.332. The first kappa shape index (κ1) is 29.3. The molecular weight excluding hydrogens is 576 g/mol. The molecule has 1 aromatic heterocycles. The predicted octanol–water partition coefficient (Wildman–Crippen LogP) is 8.15. The second-order valence-electron chi connectivity index (χ2n) is 9.91. The van der Waals surface area contributed by atoms with Crippen molar-refractivity contribution in [3.63, 3.8) is 0 Å². The lowest BCUT2D eigenvalue weighted by Gasteiger charge is -2.29. The van der Waals surface area contributed by atoms with Crippen molar-refractivity contribution in [2.45, 2.75) is 26.8 Å². The van der Waals surface area contributed by atoms with E-state index < -0.39 is 0 Å². The number of hydrogen-bond acceptors (Lipinski definition) is 2. The van der Waals surface area contributed by atoms with Crippen molar-refractivity contribution < 1.29 is 9.59 Å². The van der Waals surface area contributed by atoms with Crippen LogP contribution in [0.15, 0.2) is 66.9 Å². The maximum absolute atomic E-state index is 13.8. The Labute approximate surface area is 248 Å². The Kier molecular flexibility index (Phi) is 9.84. The molecule has 0 atom stereocenters. The van der Waals surface area contributed by atoms with Crippen LogP contribution in [0.3, 0.4) is 0 Å². The van der Waals surface area contributed by atoms with Gasteiger partial charge in [0.1, 0.15) is 6.54 Å². The monoisotopic (exact) mass is 603 g/mol. The van der Waals surface area contributed by atoms with E-state index in [1.807, 2.05) is 44.3 Å². The molecule has 3 aromatic carbocycles. The lowest BCUT2D eigenvalue weighted by molar-refractivity contribution is -0.132. The number of halogens is 4. The number of fused-ring (bicyclic) bond motifs is 1. The molecule has 0 aliphatic heterocycles. The second kappa shape index (κ2) is 13.1. The molecule has 9 heteroatoms. The fourth-order valence-electron chi connectivity index (χ4n) is 4.53. The first-order valence-corrected chi connectivity index (χ1v) is 14.1. The van der Waals surface area contributed by atoms with Crippen molar-refractivity contribution in [1.82, 2.24) is 14.8 Å². The number of nitrogens with zero attached hydrogens (tertiary/aromatic N) is 2. The average Bonchev–Trinajstić information content (AvgIpc) is 3.30. The molecule has 2 amide bonds. The van der Waals surface area contributed by atoms with Gasteiger partial charge in [-0.15, -0.1) is 0 Å². The fraction of sp³-hybridized carbons (Fsp3) is 0.267. The van der Waals surface area contributed by atoms with Gasteiger partial charge in [0, 0.05) is 52.3 Å². The molecule has 0 aliphatic rings. The van der Waals surface area contributed by atoms with Crippen LogP contribution in [-0.4, -0.2) is 46.2 Å². The molecule has 0 radical (unpaired) electrons. The van der Waals surface area contributed by atoms with Gasteiger partial charge < -0.3 is 14.8 Å². The van der Waals surface area contributed by atoms with Crippen molar-refractivity contribution in [3.05, 3.63) is 104 Å². The predicted molar refractivity (Wildman–Crippen MR) is 161 cm³/mol. The second-order valence-corrected chi connectivity index (χ2v) is 11.6. The van der Waals surface area contributed by atoms with Crippen molar-refractivity contribution in [3.8, 4) is 0 Å². The molecule has 1 heterocycles. The first-order chi connectivity index (χ1) is 18.6. The SMILES string of the molecule is CC(C)CN(CC(=O)N(CCc1c[nH]c2ccccc12)Cc1ccc(Cl)c(Cl)c1)C(=O)c1cc(Cl)cc(Cl)c1. The summed E-state index contributed by atoms with van der Waals surface area (Å²) < 4.78 is 0. The van der Waals surface area contributed by atoms with Crippen LogP contribution in [0, 0.1) is 5.92 Å². The molecule has 39 heavy (non-hydrogen) atoms. The Hall–Kier alpha value is -2.70. The molecule has 5 nitrogen and oxygen atoms in total. The number of amides is 2. The number of hydrogen-bond donors (Lipinski definition) is 1. The minimum atomic E-state index is -0.299. The highest BCUT2D eigenvalue weighted by molar-refractivity contribution is 6.42. The summed E-state index contributed by atoms with van der Waals surface area (Å²) in [5, 5.41) is 2.72. The molecule has 0 fully saturated rings. The van der Waals surface area contributed by atoms with Crippen molar-refractivity contribution in [1.29, 1.82) is 0 Å². The largest absolute Gasteiger partial charge is 0.361 e. The Bertz CT molecular complexity index is 1460. The van der Waals surface area contributed by atoms with Crippen molar-refractivity contribution >= 4 is 69.1 Å². The van der Waals surface area contributed by atoms with Crippen molar-refractivity contribution in [2.75, 3.05) is 19.6 Å². The Balaban J connectivity index is 1.59. The van der Waals surface area contributed by atoms with Crippen LogP contribution < -0.4 is 0 Å². The fourth-order valence-corrected chi connectivity index (χ4v) is 5.37. The summed E-state index contributed by atoms with van der Waals surface area (Å²) in [6.07, 6.45) is 2.61. The molecule has 0 saturated heterocycles. The van der Waals surface area contributed by atoms with Gasteiger partial charge >= 0.3 is 0 Å². The Morgan fingerprint density at radius 2 is 1.59 bits per heavy atom. The number of H-pyrrole nitrogens is 1. The molecule has 1 N–H and O–H groups in total. The van der Waals surface area contributed by atoms with E-state index >= 15 is 0 Å². The van der Waals surface area contributed by atoms with Gasteiger partial charge in [-0.1, -0.05) is 84.5 Å². The highest BCUT2D eigenvalue weighted by atomic mass is 35.5. The van der Waals surface area contributed by atoms with Crippen molar-refractivity contribution in [2.24, 2.45) is 5.92 Å². The number of rotatable bonds is 10. The standard InChI is InChI=1S/C30H29Cl4N3O2/c1-19(2)16-37(30(39)22-12-23(31)14-24(32)13-22)18-29(38)36(17-20-7-8-26(33)27(34)11-20)10-9-21-15-35-28-6-4-3-5-25(21)28/h3-8,11-15,19,35H,9-10,16-18H2,1-2H3. The normalized spacial score (nSPS) is 11.3. The molecule has 204 valence electrons. The zero-order valence-corrected chi connectivity index (χ0v) is 24.7. The molecule has 4 aromatic rings. The Morgan fingerprint density at radius 1 is 0.872 bits per heavy atom. The number of carbonyl (C=O) groups excluding carboxylic acids is 2. The molecule has 0 unspecified atom stereocenters. The zero-order chi connectivity index (χ0) is 28.1. The Morgan fingerprint density at radius 3 is 2.28 bits per heavy atom. The molecule has 4 rings (SSSR count). The van der Waals surface area contributed by atoms with Gasteiger partial charge in [-0.05, 0) is 59.9 Å². The van der Waals surface area contributed by atoms with Crippen LogP contribution >= 0.6 is 46.4 Å². The summed E-state index contributed by atoms with van der Waals surface area (Å²) in [7, 11) is 0. The summed E-state index contributed by atoms with van der Waals surface area (Å²) in [6, 6.07) is 18.1. The third-order valence-electron chi connectivity index (χ3n) is 6.34. The third kappa shape index (κ3) is 7.70. The number of carbonyl (C=O) groups is 2. The molecule has 0 bridgehead atoms. The lowest BCUT2D eigenvalue weighted by Crippen LogP contribution is -2.44. The van der Waals surface area contributed by atoms with E-state index in [1.54, 1.807) is 40.1 Å². The number of para-hydroxylation sites is 1. The summed E-state index contributed by atoms with van der Waals surface area (Å²) in [6.45, 7) is 5.09. The van der Waals surface area contributed by atoms with Crippen LogP contribution in [0.1, 0.15) is 35.3 Å². The van der Waals surface area contributed by atoms with E-state index in [0.29, 0.717) is 51.7 Å². The lowest BCUT2D eigenvalue weighted by atomic mass is 10.1. The smallest absolute Gasteiger partial charge is 0.254 e. The summed E-state index contributed by atoms with van der Waals surface area (Å²) in [5.41, 5.74) is 3.35. The number of aromatic amines is 1. The van der Waals surface area contributed by atoms with Gasteiger partial charge in [0.05, 0.1) is 10.0 Å². The summed E-state index contributed by atoms with van der Waals surface area (Å²) in [4.78, 5) is 33.9. The van der Waals surface area contributed by atoms with E-state index in [9.17, 15) is 9.59 Å². The van der Waals surface area contributed by atoms with Crippen LogP contribution in [0.2, 0.25) is 20.1 Å².